The molecule has 0 heterocycles. The first-order valence-electron chi connectivity index (χ1n) is 7.46. The summed E-state index contributed by atoms with van der Waals surface area (Å²) in [4.78, 5) is 12.8. The largest absolute Gasteiger partial charge is 0.493 e. The van der Waals surface area contributed by atoms with Gasteiger partial charge in [0.15, 0.2) is 17.3 Å². The molecule has 24 heavy (non-hydrogen) atoms. The van der Waals surface area contributed by atoms with E-state index in [1.165, 1.54) is 20.5 Å². The van der Waals surface area contributed by atoms with Crippen LogP contribution in [0, 0.1) is 0 Å². The Hall–Kier alpha value is -2.95. The van der Waals surface area contributed by atoms with Crippen LogP contribution in [0.25, 0.3) is 0 Å². The molecule has 0 aliphatic rings. The molecule has 0 unspecified atom stereocenters. The summed E-state index contributed by atoms with van der Waals surface area (Å²) in [6.45, 7) is 5.78. The average Bonchev–Trinajstić information content (AvgIpc) is 2.62. The van der Waals surface area contributed by atoms with Crippen LogP contribution in [0.4, 0.5) is 0 Å². The van der Waals surface area contributed by atoms with Crippen LogP contribution in [0.1, 0.15) is 22.8 Å². The van der Waals surface area contributed by atoms with Crippen molar-refractivity contribution in [3.8, 4) is 23.0 Å². The molecule has 0 bridgehead atoms. The molecule has 0 N–H and O–H groups in total. The summed E-state index contributed by atoms with van der Waals surface area (Å²) < 4.78 is 21.5. The molecule has 0 aromatic heterocycles. The fourth-order valence-electron chi connectivity index (χ4n) is 2.30. The Balaban J connectivity index is 2.44. The zero-order chi connectivity index (χ0) is 17.5. The molecule has 126 valence electrons. The highest BCUT2D eigenvalue weighted by molar-refractivity contribution is 6.11. The predicted molar refractivity (Wildman–Crippen MR) is 91.4 cm³/mol. The van der Waals surface area contributed by atoms with Crippen molar-refractivity contribution in [2.45, 2.75) is 6.92 Å². The van der Waals surface area contributed by atoms with Gasteiger partial charge in [-0.3, -0.25) is 4.79 Å². The van der Waals surface area contributed by atoms with Gasteiger partial charge in [0, 0.05) is 5.56 Å². The number of hydrogen-bond acceptors (Lipinski definition) is 5. The van der Waals surface area contributed by atoms with E-state index in [2.05, 4.69) is 6.58 Å². The van der Waals surface area contributed by atoms with Crippen LogP contribution in [0.2, 0.25) is 0 Å². The summed E-state index contributed by atoms with van der Waals surface area (Å²) in [6, 6.07) is 10.1. The zero-order valence-corrected chi connectivity index (χ0v) is 14.0. The van der Waals surface area contributed by atoms with Crippen molar-refractivity contribution in [2.24, 2.45) is 0 Å². The fraction of sp³-hybridized carbons (Fsp3) is 0.211. The monoisotopic (exact) mass is 328 g/mol. The molecular weight excluding hydrogens is 308 g/mol. The van der Waals surface area contributed by atoms with Crippen LogP contribution >= 0.6 is 0 Å². The SMILES string of the molecule is C=COc1ccc(C(=O)c2ccc(OC)c(OCC)c2OC)cc1. The number of ketones is 1. The highest BCUT2D eigenvalue weighted by Gasteiger charge is 2.22. The van der Waals surface area contributed by atoms with E-state index in [1.54, 1.807) is 36.4 Å². The Labute approximate surface area is 141 Å². The van der Waals surface area contributed by atoms with Crippen LogP contribution in [-0.2, 0) is 0 Å². The first-order valence-corrected chi connectivity index (χ1v) is 7.46. The maximum Gasteiger partial charge on any atom is 0.204 e. The molecule has 0 saturated carbocycles. The molecule has 0 aliphatic carbocycles. The van der Waals surface area contributed by atoms with Gasteiger partial charge in [-0.05, 0) is 43.3 Å². The van der Waals surface area contributed by atoms with Gasteiger partial charge >= 0.3 is 0 Å². The molecule has 0 saturated heterocycles. The Kier molecular flexibility index (Phi) is 5.84. The lowest BCUT2D eigenvalue weighted by Gasteiger charge is -2.16. The van der Waals surface area contributed by atoms with Crippen molar-refractivity contribution in [1.82, 2.24) is 0 Å². The van der Waals surface area contributed by atoms with E-state index in [9.17, 15) is 4.79 Å². The smallest absolute Gasteiger partial charge is 0.204 e. The van der Waals surface area contributed by atoms with Gasteiger partial charge in [-0.2, -0.15) is 0 Å². The van der Waals surface area contributed by atoms with Gasteiger partial charge in [0.05, 0.1) is 32.7 Å². The summed E-state index contributed by atoms with van der Waals surface area (Å²) in [6.07, 6.45) is 1.33. The Morgan fingerprint density at radius 1 is 1.04 bits per heavy atom. The average molecular weight is 328 g/mol. The summed E-state index contributed by atoms with van der Waals surface area (Å²) in [7, 11) is 3.03. The van der Waals surface area contributed by atoms with Crippen molar-refractivity contribution in [3.05, 3.63) is 60.4 Å². The van der Waals surface area contributed by atoms with Gasteiger partial charge in [-0.15, -0.1) is 0 Å². The maximum absolute atomic E-state index is 12.8. The van der Waals surface area contributed by atoms with Crippen LogP contribution in [0.3, 0.4) is 0 Å². The Morgan fingerprint density at radius 3 is 2.29 bits per heavy atom. The van der Waals surface area contributed by atoms with Crippen molar-refractivity contribution >= 4 is 5.78 Å². The predicted octanol–water partition coefficient (Wildman–Crippen LogP) is 3.86. The molecular formula is C19H20O5. The third-order valence-corrected chi connectivity index (χ3v) is 3.37. The van der Waals surface area contributed by atoms with Gasteiger partial charge in [-0.25, -0.2) is 0 Å². The minimum absolute atomic E-state index is 0.180. The van der Waals surface area contributed by atoms with Gasteiger partial charge in [0.1, 0.15) is 5.75 Å². The summed E-state index contributed by atoms with van der Waals surface area (Å²) in [5.74, 6) is 1.71. The Morgan fingerprint density at radius 2 is 1.75 bits per heavy atom. The van der Waals surface area contributed by atoms with Gasteiger partial charge in [0.2, 0.25) is 5.75 Å². The zero-order valence-electron chi connectivity index (χ0n) is 14.0. The fourth-order valence-corrected chi connectivity index (χ4v) is 2.30. The maximum atomic E-state index is 12.8. The van der Waals surface area contributed by atoms with Crippen molar-refractivity contribution in [2.75, 3.05) is 20.8 Å². The van der Waals surface area contributed by atoms with Crippen LogP contribution in [0.5, 0.6) is 23.0 Å². The van der Waals surface area contributed by atoms with Crippen LogP contribution in [0.15, 0.2) is 49.2 Å². The lowest BCUT2D eigenvalue weighted by molar-refractivity contribution is 0.103. The minimum Gasteiger partial charge on any atom is -0.493 e. The molecule has 2 aromatic carbocycles. The first kappa shape index (κ1) is 17.4. The highest BCUT2D eigenvalue weighted by atomic mass is 16.5. The second kappa shape index (κ2) is 8.06. The second-order valence-corrected chi connectivity index (χ2v) is 4.75. The third-order valence-electron chi connectivity index (χ3n) is 3.37. The normalized spacial score (nSPS) is 9.96. The van der Waals surface area contributed by atoms with Crippen LogP contribution in [-0.4, -0.2) is 26.6 Å². The highest BCUT2D eigenvalue weighted by Crippen LogP contribution is 2.40. The number of hydrogen-bond donors (Lipinski definition) is 0. The number of benzene rings is 2. The van der Waals surface area contributed by atoms with E-state index in [4.69, 9.17) is 18.9 Å². The van der Waals surface area contributed by atoms with E-state index in [0.29, 0.717) is 40.7 Å². The van der Waals surface area contributed by atoms with Crippen LogP contribution < -0.4 is 18.9 Å². The van der Waals surface area contributed by atoms with E-state index < -0.39 is 0 Å². The summed E-state index contributed by atoms with van der Waals surface area (Å²) in [5.41, 5.74) is 0.913. The quantitative estimate of drug-likeness (QED) is 0.544. The number of carbonyl (C=O) groups excluding carboxylic acids is 1. The standard InChI is InChI=1S/C19H20O5/c1-5-23-14-9-7-13(8-10-14)17(20)15-11-12-16(21-3)19(24-6-2)18(15)22-4/h5,7-12H,1,6H2,2-4H3. The van der Waals surface area contributed by atoms with Crippen molar-refractivity contribution < 1.29 is 23.7 Å². The summed E-state index contributed by atoms with van der Waals surface area (Å²) >= 11 is 0. The minimum atomic E-state index is -0.180. The summed E-state index contributed by atoms with van der Waals surface area (Å²) in [5, 5.41) is 0. The van der Waals surface area contributed by atoms with Crippen molar-refractivity contribution in [3.63, 3.8) is 0 Å². The van der Waals surface area contributed by atoms with E-state index in [1.807, 2.05) is 6.92 Å². The number of carbonyl (C=O) groups is 1. The number of methoxy groups -OCH3 is 2. The topological polar surface area (TPSA) is 54.0 Å². The Bertz CT molecular complexity index is 719. The second-order valence-electron chi connectivity index (χ2n) is 4.75. The molecule has 0 radical (unpaired) electrons. The molecule has 0 aliphatic heterocycles. The molecule has 5 heteroatoms. The number of rotatable bonds is 8. The van der Waals surface area contributed by atoms with Gasteiger partial charge in [-0.1, -0.05) is 6.58 Å². The molecule has 0 atom stereocenters. The van der Waals surface area contributed by atoms with E-state index >= 15 is 0 Å². The molecule has 5 nitrogen and oxygen atoms in total. The van der Waals surface area contributed by atoms with E-state index in [0.717, 1.165) is 0 Å². The molecule has 0 fully saturated rings. The van der Waals surface area contributed by atoms with Crippen molar-refractivity contribution in [1.29, 1.82) is 0 Å². The third kappa shape index (κ3) is 3.51. The van der Waals surface area contributed by atoms with Gasteiger partial charge in [0.25, 0.3) is 0 Å². The molecule has 2 aromatic rings. The molecule has 2 rings (SSSR count). The number of ether oxygens (including phenoxy) is 4. The first-order chi connectivity index (χ1) is 11.7. The van der Waals surface area contributed by atoms with E-state index in [-0.39, 0.29) is 5.78 Å². The molecule has 0 spiro atoms. The molecule has 0 amide bonds. The lowest BCUT2D eigenvalue weighted by atomic mass is 10.0. The van der Waals surface area contributed by atoms with Gasteiger partial charge < -0.3 is 18.9 Å². The lowest BCUT2D eigenvalue weighted by Crippen LogP contribution is -2.07.